The molecule has 9 aromatic rings. The van der Waals surface area contributed by atoms with Crippen molar-refractivity contribution in [1.82, 2.24) is 0 Å². The molecular formula is C48H35NSSi. The number of fused-ring (bicyclic) bond motifs is 8. The van der Waals surface area contributed by atoms with Crippen molar-refractivity contribution in [2.24, 2.45) is 0 Å². The average molecular weight is 686 g/mol. The summed E-state index contributed by atoms with van der Waals surface area (Å²) in [5.41, 5.74) is 11.3. The van der Waals surface area contributed by atoms with Crippen LogP contribution in [-0.4, -0.2) is 8.07 Å². The fourth-order valence-electron chi connectivity index (χ4n) is 8.34. The van der Waals surface area contributed by atoms with Gasteiger partial charge >= 0.3 is 0 Å². The zero-order valence-electron chi connectivity index (χ0n) is 28.6. The third kappa shape index (κ3) is 4.80. The Bertz CT molecular complexity index is 2770. The molecule has 0 N–H and O–H groups in total. The van der Waals surface area contributed by atoms with E-state index in [2.05, 4.69) is 194 Å². The molecule has 1 nitrogen and oxygen atoms in total. The van der Waals surface area contributed by atoms with Gasteiger partial charge in [0, 0.05) is 37.2 Å². The van der Waals surface area contributed by atoms with Crippen LogP contribution in [0.15, 0.2) is 176 Å². The molecule has 0 atom stereocenters. The Morgan fingerprint density at radius 1 is 0.431 bits per heavy atom. The first-order valence-electron chi connectivity index (χ1n) is 17.7. The van der Waals surface area contributed by atoms with Crippen molar-refractivity contribution in [2.75, 3.05) is 4.90 Å². The van der Waals surface area contributed by atoms with Gasteiger partial charge in [-0.25, -0.2) is 0 Å². The van der Waals surface area contributed by atoms with Crippen molar-refractivity contribution in [2.45, 2.75) is 13.1 Å². The van der Waals surface area contributed by atoms with Crippen molar-refractivity contribution < 1.29 is 0 Å². The van der Waals surface area contributed by atoms with E-state index in [9.17, 15) is 0 Å². The monoisotopic (exact) mass is 685 g/mol. The van der Waals surface area contributed by atoms with Gasteiger partial charge in [-0.15, -0.1) is 11.3 Å². The molecular weight excluding hydrogens is 651 g/mol. The molecule has 0 amide bonds. The van der Waals surface area contributed by atoms with E-state index < -0.39 is 8.07 Å². The quantitative estimate of drug-likeness (QED) is 0.163. The molecule has 0 aliphatic carbocycles. The molecule has 0 spiro atoms. The number of rotatable bonds is 5. The first-order chi connectivity index (χ1) is 25.0. The molecule has 2 heterocycles. The minimum atomic E-state index is -2.00. The molecule has 1 aliphatic rings. The smallest absolute Gasteiger partial charge is 0.113 e. The summed E-state index contributed by atoms with van der Waals surface area (Å²) in [6.45, 7) is 5.06. The summed E-state index contributed by atoms with van der Waals surface area (Å²) in [6.07, 6.45) is 0. The number of hydrogen-bond acceptors (Lipinski definition) is 2. The summed E-state index contributed by atoms with van der Waals surface area (Å²) in [6, 6.07) is 65.1. The highest BCUT2D eigenvalue weighted by molar-refractivity contribution is 7.26. The van der Waals surface area contributed by atoms with Crippen molar-refractivity contribution in [1.29, 1.82) is 0 Å². The van der Waals surface area contributed by atoms with Gasteiger partial charge in [-0.3, -0.25) is 0 Å². The standard InChI is InChI=1S/C48H35NSSi/c1-51(2)45-29-28-44-47(41-19-8-9-21-43(41)50-44)48(45)42-27-26-38(31-46(42)51)49(37-17-10-16-35(30-37)32-12-4-3-5-13-32)36-24-22-34(23-25-36)40-20-11-15-33-14-6-7-18-39(33)40/h3-31H,1-2H3. The summed E-state index contributed by atoms with van der Waals surface area (Å²) in [5, 5.41) is 8.39. The van der Waals surface area contributed by atoms with Crippen LogP contribution >= 0.6 is 11.3 Å². The molecule has 3 heteroatoms. The topological polar surface area (TPSA) is 3.24 Å². The first kappa shape index (κ1) is 30.1. The normalized spacial score (nSPS) is 13.1. The van der Waals surface area contributed by atoms with Gasteiger partial charge in [0.2, 0.25) is 0 Å². The van der Waals surface area contributed by atoms with Crippen molar-refractivity contribution in [3.63, 3.8) is 0 Å². The van der Waals surface area contributed by atoms with Crippen LogP contribution in [0.5, 0.6) is 0 Å². The Morgan fingerprint density at radius 3 is 1.98 bits per heavy atom. The van der Waals surface area contributed by atoms with Crippen LogP contribution in [0.25, 0.3) is 64.3 Å². The summed E-state index contributed by atoms with van der Waals surface area (Å²) in [7, 11) is -2.00. The number of anilines is 3. The SMILES string of the molecule is C[Si]1(C)c2cc(N(c3ccc(-c4cccc5ccccc45)cc3)c3cccc(-c4ccccc4)c3)ccc2-c2c1ccc1sc3ccccc3c21. The molecule has 0 radical (unpaired) electrons. The van der Waals surface area contributed by atoms with Gasteiger partial charge in [0.25, 0.3) is 0 Å². The Balaban J connectivity index is 1.15. The van der Waals surface area contributed by atoms with Crippen molar-refractivity contribution in [3.8, 4) is 33.4 Å². The van der Waals surface area contributed by atoms with Crippen LogP contribution in [0, 0.1) is 0 Å². The number of hydrogen-bond donors (Lipinski definition) is 0. The molecule has 51 heavy (non-hydrogen) atoms. The lowest BCUT2D eigenvalue weighted by Crippen LogP contribution is -2.49. The van der Waals surface area contributed by atoms with Crippen LogP contribution < -0.4 is 15.3 Å². The fourth-order valence-corrected chi connectivity index (χ4v) is 12.5. The molecule has 0 bridgehead atoms. The summed E-state index contributed by atoms with van der Waals surface area (Å²) in [4.78, 5) is 2.45. The third-order valence-electron chi connectivity index (χ3n) is 10.9. The highest BCUT2D eigenvalue weighted by Crippen LogP contribution is 2.44. The molecule has 0 fully saturated rings. The summed E-state index contributed by atoms with van der Waals surface area (Å²) >= 11 is 1.91. The van der Waals surface area contributed by atoms with Crippen LogP contribution in [0.4, 0.5) is 17.1 Å². The van der Waals surface area contributed by atoms with E-state index in [-0.39, 0.29) is 0 Å². The van der Waals surface area contributed by atoms with Gasteiger partial charge in [0.1, 0.15) is 8.07 Å². The van der Waals surface area contributed by atoms with E-state index in [0.29, 0.717) is 0 Å². The van der Waals surface area contributed by atoms with Crippen LogP contribution in [0.3, 0.4) is 0 Å². The van der Waals surface area contributed by atoms with Crippen molar-refractivity contribution in [3.05, 3.63) is 176 Å². The highest BCUT2D eigenvalue weighted by Gasteiger charge is 2.39. The lowest BCUT2D eigenvalue weighted by Gasteiger charge is -2.28. The Labute approximate surface area is 303 Å². The molecule has 0 saturated heterocycles. The Hall–Kier alpha value is -5.74. The summed E-state index contributed by atoms with van der Waals surface area (Å²) < 4.78 is 2.74. The van der Waals surface area contributed by atoms with E-state index >= 15 is 0 Å². The lowest BCUT2D eigenvalue weighted by atomic mass is 9.97. The maximum atomic E-state index is 2.53. The lowest BCUT2D eigenvalue weighted by molar-refractivity contribution is 1.29. The zero-order valence-corrected chi connectivity index (χ0v) is 30.4. The molecule has 242 valence electrons. The molecule has 1 aliphatic heterocycles. The largest absolute Gasteiger partial charge is 0.310 e. The van der Waals surface area contributed by atoms with Gasteiger partial charge in [-0.1, -0.05) is 140 Å². The minimum absolute atomic E-state index is 1.14. The molecule has 1 aromatic heterocycles. The second-order valence-electron chi connectivity index (χ2n) is 14.1. The van der Waals surface area contributed by atoms with Gasteiger partial charge in [-0.05, 0) is 103 Å². The Morgan fingerprint density at radius 2 is 1.12 bits per heavy atom. The first-order valence-corrected chi connectivity index (χ1v) is 21.5. The van der Waals surface area contributed by atoms with E-state index in [1.54, 1.807) is 5.19 Å². The predicted octanol–water partition coefficient (Wildman–Crippen LogP) is 12.8. The van der Waals surface area contributed by atoms with Gasteiger partial charge < -0.3 is 4.90 Å². The number of thiophene rings is 1. The van der Waals surface area contributed by atoms with Gasteiger partial charge in [0.05, 0.1) is 0 Å². The molecule has 8 aromatic carbocycles. The predicted molar refractivity (Wildman–Crippen MR) is 225 cm³/mol. The Kier molecular flexibility index (Phi) is 6.89. The van der Waals surface area contributed by atoms with Crippen LogP contribution in [0.1, 0.15) is 0 Å². The molecule has 0 unspecified atom stereocenters. The highest BCUT2D eigenvalue weighted by atomic mass is 32.1. The van der Waals surface area contributed by atoms with Gasteiger partial charge in [0.15, 0.2) is 0 Å². The second-order valence-corrected chi connectivity index (χ2v) is 19.6. The van der Waals surface area contributed by atoms with Crippen molar-refractivity contribution >= 4 is 77.8 Å². The average Bonchev–Trinajstić information content (AvgIpc) is 3.67. The maximum absolute atomic E-state index is 2.53. The summed E-state index contributed by atoms with van der Waals surface area (Å²) in [5.74, 6) is 0. The van der Waals surface area contributed by atoms with Crippen LogP contribution in [0.2, 0.25) is 13.1 Å². The van der Waals surface area contributed by atoms with E-state index in [4.69, 9.17) is 0 Å². The van der Waals surface area contributed by atoms with E-state index in [0.717, 1.165) is 11.4 Å². The van der Waals surface area contributed by atoms with E-state index in [1.807, 2.05) is 11.3 Å². The number of nitrogens with zero attached hydrogens (tertiary/aromatic N) is 1. The van der Waals surface area contributed by atoms with Crippen LogP contribution in [-0.2, 0) is 0 Å². The maximum Gasteiger partial charge on any atom is 0.113 e. The second kappa shape index (κ2) is 11.7. The molecule has 10 rings (SSSR count). The van der Waals surface area contributed by atoms with Gasteiger partial charge in [-0.2, -0.15) is 0 Å². The molecule has 0 saturated carbocycles. The fraction of sp³-hybridized carbons (Fsp3) is 0.0417. The number of benzene rings is 8. The zero-order chi connectivity index (χ0) is 34.1. The minimum Gasteiger partial charge on any atom is -0.310 e. The van der Waals surface area contributed by atoms with E-state index in [1.165, 1.54) is 75.2 Å². The third-order valence-corrected chi connectivity index (χ3v) is 15.5.